The normalized spacial score (nSPS) is 10.5. The van der Waals surface area contributed by atoms with Crippen LogP contribution in [0.5, 0.6) is 5.75 Å². The predicted molar refractivity (Wildman–Crippen MR) is 94.7 cm³/mol. The summed E-state index contributed by atoms with van der Waals surface area (Å²) in [4.78, 5) is 12.6. The molecule has 25 heavy (non-hydrogen) atoms. The molecule has 0 saturated carbocycles. The van der Waals surface area contributed by atoms with Crippen molar-refractivity contribution in [2.75, 3.05) is 11.9 Å². The van der Waals surface area contributed by atoms with Crippen molar-refractivity contribution < 1.29 is 14.2 Å². The molecule has 1 heterocycles. The van der Waals surface area contributed by atoms with Gasteiger partial charge in [0.05, 0.1) is 12.2 Å². The molecule has 3 aromatic rings. The second kappa shape index (κ2) is 7.61. The molecule has 3 rings (SSSR count). The molecule has 0 atom stereocenters. The quantitative estimate of drug-likeness (QED) is 0.733. The Morgan fingerprint density at radius 2 is 1.88 bits per heavy atom. The molecular formula is C19H19N3O3. The molecule has 6 heteroatoms. The van der Waals surface area contributed by atoms with Gasteiger partial charge in [-0.3, -0.25) is 4.79 Å². The lowest BCUT2D eigenvalue weighted by molar-refractivity contribution is 0.102. The highest BCUT2D eigenvalue weighted by molar-refractivity contribution is 6.07. The highest BCUT2D eigenvalue weighted by Gasteiger charge is 2.18. The number of benzene rings is 2. The van der Waals surface area contributed by atoms with E-state index in [2.05, 4.69) is 15.6 Å². The first kappa shape index (κ1) is 16.7. The Morgan fingerprint density at radius 3 is 2.64 bits per heavy atom. The monoisotopic (exact) mass is 337 g/mol. The number of rotatable bonds is 6. The zero-order valence-corrected chi connectivity index (χ0v) is 14.2. The summed E-state index contributed by atoms with van der Waals surface area (Å²) in [5, 5.41) is 10.5. The van der Waals surface area contributed by atoms with Crippen molar-refractivity contribution in [2.45, 2.75) is 20.3 Å². The van der Waals surface area contributed by atoms with Crippen molar-refractivity contribution in [3.8, 4) is 17.0 Å². The molecule has 0 aliphatic rings. The van der Waals surface area contributed by atoms with Crippen LogP contribution < -0.4 is 10.1 Å². The zero-order valence-electron chi connectivity index (χ0n) is 14.2. The minimum Gasteiger partial charge on any atom is -0.493 e. The summed E-state index contributed by atoms with van der Waals surface area (Å²) >= 11 is 0. The van der Waals surface area contributed by atoms with Crippen LogP contribution >= 0.6 is 0 Å². The average Bonchev–Trinajstić information content (AvgIpc) is 3.09. The van der Waals surface area contributed by atoms with Gasteiger partial charge >= 0.3 is 0 Å². The van der Waals surface area contributed by atoms with Crippen LogP contribution in [0.2, 0.25) is 0 Å². The topological polar surface area (TPSA) is 77.2 Å². The predicted octanol–water partition coefficient (Wildman–Crippen LogP) is 4.09. The number of carbonyl (C=O) groups is 1. The molecular weight excluding hydrogens is 318 g/mol. The van der Waals surface area contributed by atoms with Gasteiger partial charge < -0.3 is 10.1 Å². The third-order valence-electron chi connectivity index (χ3n) is 3.64. The van der Waals surface area contributed by atoms with Crippen molar-refractivity contribution in [1.29, 1.82) is 0 Å². The molecule has 0 unspecified atom stereocenters. The summed E-state index contributed by atoms with van der Waals surface area (Å²) in [6.07, 6.45) is 0.862. The second-order valence-corrected chi connectivity index (χ2v) is 5.63. The molecule has 0 aliphatic carbocycles. The van der Waals surface area contributed by atoms with Gasteiger partial charge in [-0.05, 0) is 35.8 Å². The Balaban J connectivity index is 1.83. The first-order valence-corrected chi connectivity index (χ1v) is 8.12. The fraction of sp³-hybridized carbons (Fsp3) is 0.211. The molecule has 0 fully saturated rings. The first-order valence-electron chi connectivity index (χ1n) is 8.12. The number of carbonyl (C=O) groups excluding carboxylic acids is 1. The van der Waals surface area contributed by atoms with E-state index in [4.69, 9.17) is 9.37 Å². The van der Waals surface area contributed by atoms with Crippen LogP contribution in [0.25, 0.3) is 11.3 Å². The smallest absolute Gasteiger partial charge is 0.260 e. The Kier molecular flexibility index (Phi) is 5.09. The number of amides is 1. The van der Waals surface area contributed by atoms with Gasteiger partial charge in [0.1, 0.15) is 5.75 Å². The first-order chi connectivity index (χ1) is 12.2. The number of aromatic nitrogens is 2. The lowest BCUT2D eigenvalue weighted by atomic mass is 10.1. The van der Waals surface area contributed by atoms with E-state index in [1.54, 1.807) is 18.2 Å². The molecule has 0 radical (unpaired) electrons. The average molecular weight is 337 g/mol. The fourth-order valence-electron chi connectivity index (χ4n) is 2.34. The Morgan fingerprint density at radius 1 is 1.12 bits per heavy atom. The number of ether oxygens (including phenoxy) is 1. The van der Waals surface area contributed by atoms with Crippen molar-refractivity contribution in [2.24, 2.45) is 0 Å². The molecule has 0 aliphatic heterocycles. The van der Waals surface area contributed by atoms with Crippen molar-refractivity contribution in [1.82, 2.24) is 10.3 Å². The van der Waals surface area contributed by atoms with E-state index < -0.39 is 0 Å². The maximum Gasteiger partial charge on any atom is 0.260 e. The highest BCUT2D eigenvalue weighted by Crippen LogP contribution is 2.26. The Labute approximate surface area is 145 Å². The van der Waals surface area contributed by atoms with Crippen LogP contribution in [0.15, 0.2) is 53.2 Å². The van der Waals surface area contributed by atoms with Crippen molar-refractivity contribution >= 4 is 11.7 Å². The molecule has 0 spiro atoms. The van der Waals surface area contributed by atoms with Crippen molar-refractivity contribution in [3.63, 3.8) is 0 Å². The molecule has 0 bridgehead atoms. The van der Waals surface area contributed by atoms with E-state index in [0.29, 0.717) is 23.6 Å². The van der Waals surface area contributed by atoms with E-state index in [-0.39, 0.29) is 11.7 Å². The number of nitrogens with zero attached hydrogens (tertiary/aromatic N) is 2. The fourth-order valence-corrected chi connectivity index (χ4v) is 2.34. The van der Waals surface area contributed by atoms with E-state index in [0.717, 1.165) is 17.5 Å². The van der Waals surface area contributed by atoms with Gasteiger partial charge in [0, 0.05) is 5.56 Å². The standard InChI is InChI=1S/C19H19N3O3/c1-3-12-24-16-7-5-4-6-15(16)19(23)20-18-17(21-25-22-18)14-10-8-13(2)9-11-14/h4-11H,3,12H2,1-2H3,(H,20,22,23). The summed E-state index contributed by atoms with van der Waals surface area (Å²) in [6, 6.07) is 14.8. The van der Waals surface area contributed by atoms with E-state index in [1.807, 2.05) is 44.2 Å². The lowest BCUT2D eigenvalue weighted by Gasteiger charge is -2.10. The van der Waals surface area contributed by atoms with Gasteiger partial charge in [0.25, 0.3) is 5.91 Å². The van der Waals surface area contributed by atoms with Gasteiger partial charge in [-0.25, -0.2) is 4.63 Å². The SMILES string of the molecule is CCCOc1ccccc1C(=O)Nc1nonc1-c1ccc(C)cc1. The molecule has 128 valence electrons. The maximum atomic E-state index is 12.6. The number of hydrogen-bond donors (Lipinski definition) is 1. The Hall–Kier alpha value is -3.15. The van der Waals surface area contributed by atoms with Gasteiger partial charge in [-0.2, -0.15) is 0 Å². The summed E-state index contributed by atoms with van der Waals surface area (Å²) < 4.78 is 10.5. The van der Waals surface area contributed by atoms with E-state index in [9.17, 15) is 4.79 Å². The lowest BCUT2D eigenvalue weighted by Crippen LogP contribution is -2.14. The van der Waals surface area contributed by atoms with Crippen LogP contribution in [0, 0.1) is 6.92 Å². The molecule has 1 amide bonds. The van der Waals surface area contributed by atoms with Gasteiger partial charge in [0.2, 0.25) is 5.82 Å². The maximum absolute atomic E-state index is 12.6. The third-order valence-corrected chi connectivity index (χ3v) is 3.64. The molecule has 1 N–H and O–H groups in total. The van der Waals surface area contributed by atoms with Gasteiger partial charge in [-0.1, -0.05) is 48.9 Å². The minimum absolute atomic E-state index is 0.277. The molecule has 0 saturated heterocycles. The zero-order chi connectivity index (χ0) is 17.6. The van der Waals surface area contributed by atoms with Gasteiger partial charge in [-0.15, -0.1) is 0 Å². The number of aryl methyl sites for hydroxylation is 1. The van der Waals surface area contributed by atoms with Gasteiger partial charge in [0.15, 0.2) is 5.69 Å². The van der Waals surface area contributed by atoms with E-state index >= 15 is 0 Å². The second-order valence-electron chi connectivity index (χ2n) is 5.63. The minimum atomic E-state index is -0.323. The van der Waals surface area contributed by atoms with Crippen molar-refractivity contribution in [3.05, 3.63) is 59.7 Å². The highest BCUT2D eigenvalue weighted by atomic mass is 16.6. The summed E-state index contributed by atoms with van der Waals surface area (Å²) in [7, 11) is 0. The van der Waals surface area contributed by atoms with Crippen LogP contribution in [0.1, 0.15) is 29.3 Å². The van der Waals surface area contributed by atoms with Crippen LogP contribution in [0.4, 0.5) is 5.82 Å². The largest absolute Gasteiger partial charge is 0.493 e. The molecule has 1 aromatic heterocycles. The number of para-hydroxylation sites is 1. The number of anilines is 1. The van der Waals surface area contributed by atoms with Crippen LogP contribution in [-0.2, 0) is 0 Å². The molecule has 2 aromatic carbocycles. The number of nitrogens with one attached hydrogen (secondary N) is 1. The number of hydrogen-bond acceptors (Lipinski definition) is 5. The Bertz CT molecular complexity index is 856. The summed E-state index contributed by atoms with van der Waals surface area (Å²) in [5.41, 5.74) is 2.87. The summed E-state index contributed by atoms with van der Waals surface area (Å²) in [6.45, 7) is 4.56. The summed E-state index contributed by atoms with van der Waals surface area (Å²) in [5.74, 6) is 0.491. The van der Waals surface area contributed by atoms with E-state index in [1.165, 1.54) is 0 Å². The third kappa shape index (κ3) is 3.85. The van der Waals surface area contributed by atoms with Crippen LogP contribution in [0.3, 0.4) is 0 Å². The molecule has 6 nitrogen and oxygen atoms in total. The van der Waals surface area contributed by atoms with Crippen LogP contribution in [-0.4, -0.2) is 22.8 Å².